The maximum absolute atomic E-state index is 10.9. The number of rotatable bonds is 3. The van der Waals surface area contributed by atoms with Crippen LogP contribution in [0.3, 0.4) is 0 Å². The molecule has 0 atom stereocenters. The average Bonchev–Trinajstić information content (AvgIpc) is 2.82. The Kier molecular flexibility index (Phi) is 3.27. The number of nitro benzene ring substituents is 1. The molecule has 5 nitrogen and oxygen atoms in total. The zero-order valence-corrected chi connectivity index (χ0v) is 11.0. The Hall–Kier alpha value is -1.78. The summed E-state index contributed by atoms with van der Waals surface area (Å²) >= 11 is 0. The smallest absolute Gasteiger partial charge is 0.271 e. The summed E-state index contributed by atoms with van der Waals surface area (Å²) in [5.41, 5.74) is 2.18. The lowest BCUT2D eigenvalue weighted by atomic mass is 9.89. The minimum absolute atomic E-state index is 0.177. The van der Waals surface area contributed by atoms with Gasteiger partial charge in [-0.15, -0.1) is 0 Å². The maximum atomic E-state index is 10.9. The highest BCUT2D eigenvalue weighted by Gasteiger charge is 2.24. The third-order valence-corrected chi connectivity index (χ3v) is 4.20. The van der Waals surface area contributed by atoms with Crippen LogP contribution in [0.1, 0.15) is 32.1 Å². The van der Waals surface area contributed by atoms with E-state index in [2.05, 4.69) is 10.2 Å². The summed E-state index contributed by atoms with van der Waals surface area (Å²) in [5.74, 6) is 0.737. The molecule has 0 unspecified atom stereocenters. The lowest BCUT2D eigenvalue weighted by molar-refractivity contribution is -0.384. The molecule has 1 saturated carbocycles. The fourth-order valence-electron chi connectivity index (χ4n) is 3.15. The summed E-state index contributed by atoms with van der Waals surface area (Å²) in [6, 6.07) is 5.07. The van der Waals surface area contributed by atoms with Gasteiger partial charge in [0.05, 0.1) is 23.0 Å². The van der Waals surface area contributed by atoms with Gasteiger partial charge in [-0.05, 0) is 24.8 Å². The van der Waals surface area contributed by atoms with Crippen LogP contribution in [0.4, 0.5) is 17.1 Å². The molecule has 2 aliphatic rings. The summed E-state index contributed by atoms with van der Waals surface area (Å²) in [7, 11) is 0. The Labute approximate surface area is 112 Å². The molecule has 1 N–H and O–H groups in total. The number of anilines is 2. The number of nitrogens with one attached hydrogen (secondary N) is 1. The van der Waals surface area contributed by atoms with E-state index in [0.29, 0.717) is 0 Å². The normalized spacial score (nSPS) is 19.1. The largest absolute Gasteiger partial charge is 0.366 e. The van der Waals surface area contributed by atoms with E-state index in [-0.39, 0.29) is 10.6 Å². The summed E-state index contributed by atoms with van der Waals surface area (Å²) in [5, 5.41) is 14.2. The molecule has 1 fully saturated rings. The molecule has 0 radical (unpaired) electrons. The van der Waals surface area contributed by atoms with Crippen molar-refractivity contribution in [3.8, 4) is 0 Å². The minimum Gasteiger partial charge on any atom is -0.366 e. The van der Waals surface area contributed by atoms with E-state index in [0.717, 1.165) is 30.5 Å². The molecule has 0 aromatic heterocycles. The number of nitro groups is 1. The van der Waals surface area contributed by atoms with Gasteiger partial charge < -0.3 is 10.2 Å². The van der Waals surface area contributed by atoms with Crippen molar-refractivity contribution in [1.29, 1.82) is 0 Å². The van der Waals surface area contributed by atoms with Crippen molar-refractivity contribution in [2.24, 2.45) is 5.92 Å². The molecule has 102 valence electrons. The number of fused-ring (bicyclic) bond motifs is 1. The number of non-ortho nitro benzene ring substituents is 1. The van der Waals surface area contributed by atoms with Crippen LogP contribution in [0.5, 0.6) is 0 Å². The molecule has 1 aliphatic heterocycles. The third-order valence-electron chi connectivity index (χ3n) is 4.20. The quantitative estimate of drug-likeness (QED) is 0.669. The summed E-state index contributed by atoms with van der Waals surface area (Å²) in [4.78, 5) is 12.8. The Morgan fingerprint density at radius 2 is 2.11 bits per heavy atom. The molecule has 1 aromatic carbocycles. The second kappa shape index (κ2) is 5.07. The van der Waals surface area contributed by atoms with Crippen molar-refractivity contribution in [2.75, 3.05) is 23.4 Å². The maximum Gasteiger partial charge on any atom is 0.271 e. The Balaban J connectivity index is 1.76. The second-order valence-corrected chi connectivity index (χ2v) is 5.52. The first-order valence-corrected chi connectivity index (χ1v) is 7.01. The van der Waals surface area contributed by atoms with Crippen LogP contribution in [0.25, 0.3) is 0 Å². The lowest BCUT2D eigenvalue weighted by Gasteiger charge is -2.27. The second-order valence-electron chi connectivity index (χ2n) is 5.52. The SMILES string of the molecule is O=[N+]([O-])c1ccc2c(c1)N(CC1CCCCC1)CN2. The van der Waals surface area contributed by atoms with E-state index in [9.17, 15) is 10.1 Å². The van der Waals surface area contributed by atoms with E-state index in [4.69, 9.17) is 0 Å². The van der Waals surface area contributed by atoms with Crippen LogP contribution in [-0.2, 0) is 0 Å². The Morgan fingerprint density at radius 3 is 2.84 bits per heavy atom. The van der Waals surface area contributed by atoms with Gasteiger partial charge in [0.1, 0.15) is 0 Å². The van der Waals surface area contributed by atoms with Crippen molar-refractivity contribution in [1.82, 2.24) is 0 Å². The van der Waals surface area contributed by atoms with E-state index in [1.807, 2.05) is 6.07 Å². The van der Waals surface area contributed by atoms with Crippen LogP contribution in [0.2, 0.25) is 0 Å². The zero-order valence-electron chi connectivity index (χ0n) is 11.0. The molecule has 0 amide bonds. The number of benzene rings is 1. The highest BCUT2D eigenvalue weighted by Crippen LogP contribution is 2.36. The molecule has 1 heterocycles. The summed E-state index contributed by atoms with van der Waals surface area (Å²) < 4.78 is 0. The summed E-state index contributed by atoms with van der Waals surface area (Å²) in [6.45, 7) is 1.79. The van der Waals surface area contributed by atoms with Crippen LogP contribution < -0.4 is 10.2 Å². The Bertz CT molecular complexity index is 484. The Morgan fingerprint density at radius 1 is 1.32 bits per heavy atom. The van der Waals surface area contributed by atoms with Gasteiger partial charge in [-0.2, -0.15) is 0 Å². The van der Waals surface area contributed by atoms with E-state index < -0.39 is 0 Å². The van der Waals surface area contributed by atoms with Gasteiger partial charge in [0.15, 0.2) is 0 Å². The molecule has 0 bridgehead atoms. The fraction of sp³-hybridized carbons (Fsp3) is 0.571. The molecule has 1 aromatic rings. The van der Waals surface area contributed by atoms with Gasteiger partial charge >= 0.3 is 0 Å². The first-order chi connectivity index (χ1) is 9.24. The predicted octanol–water partition coefficient (Wildman–Crippen LogP) is 3.36. The topological polar surface area (TPSA) is 58.4 Å². The van der Waals surface area contributed by atoms with Crippen molar-refractivity contribution in [2.45, 2.75) is 32.1 Å². The van der Waals surface area contributed by atoms with Gasteiger partial charge in [-0.1, -0.05) is 19.3 Å². The number of hydrogen-bond donors (Lipinski definition) is 1. The highest BCUT2D eigenvalue weighted by molar-refractivity contribution is 5.77. The van der Waals surface area contributed by atoms with Gasteiger partial charge in [0.2, 0.25) is 0 Å². The van der Waals surface area contributed by atoms with E-state index >= 15 is 0 Å². The molecule has 0 spiro atoms. The van der Waals surface area contributed by atoms with E-state index in [1.165, 1.54) is 32.1 Å². The van der Waals surface area contributed by atoms with Gasteiger partial charge in [0, 0.05) is 18.7 Å². The zero-order chi connectivity index (χ0) is 13.2. The molecule has 3 rings (SSSR count). The number of nitrogens with zero attached hydrogens (tertiary/aromatic N) is 2. The van der Waals surface area contributed by atoms with Gasteiger partial charge in [0.25, 0.3) is 5.69 Å². The van der Waals surface area contributed by atoms with Crippen molar-refractivity contribution in [3.05, 3.63) is 28.3 Å². The highest BCUT2D eigenvalue weighted by atomic mass is 16.6. The molecule has 5 heteroatoms. The predicted molar refractivity (Wildman–Crippen MR) is 75.5 cm³/mol. The summed E-state index contributed by atoms with van der Waals surface area (Å²) in [6.07, 6.45) is 6.60. The average molecular weight is 261 g/mol. The van der Waals surface area contributed by atoms with Crippen LogP contribution in [-0.4, -0.2) is 18.1 Å². The lowest BCUT2D eigenvalue weighted by Crippen LogP contribution is -2.30. The standard InChI is InChI=1S/C14H19N3O2/c18-17(19)12-6-7-13-14(8-12)16(10-15-13)9-11-4-2-1-3-5-11/h6-8,11,15H,1-5,9-10H2. The number of hydrogen-bond acceptors (Lipinski definition) is 4. The monoisotopic (exact) mass is 261 g/mol. The first kappa shape index (κ1) is 12.3. The first-order valence-electron chi connectivity index (χ1n) is 7.01. The van der Waals surface area contributed by atoms with Gasteiger partial charge in [-0.25, -0.2) is 0 Å². The molecular weight excluding hydrogens is 242 g/mol. The van der Waals surface area contributed by atoms with Crippen LogP contribution in [0, 0.1) is 16.0 Å². The van der Waals surface area contributed by atoms with Crippen LogP contribution >= 0.6 is 0 Å². The minimum atomic E-state index is -0.322. The molecule has 0 saturated heterocycles. The molecule has 1 aliphatic carbocycles. The van der Waals surface area contributed by atoms with E-state index in [1.54, 1.807) is 12.1 Å². The van der Waals surface area contributed by atoms with Crippen molar-refractivity contribution >= 4 is 17.1 Å². The molecule has 19 heavy (non-hydrogen) atoms. The van der Waals surface area contributed by atoms with Crippen molar-refractivity contribution in [3.63, 3.8) is 0 Å². The molecular formula is C14H19N3O2. The van der Waals surface area contributed by atoms with Crippen molar-refractivity contribution < 1.29 is 4.92 Å². The van der Waals surface area contributed by atoms with Crippen LogP contribution in [0.15, 0.2) is 18.2 Å². The third kappa shape index (κ3) is 2.50. The van der Waals surface area contributed by atoms with Gasteiger partial charge in [-0.3, -0.25) is 10.1 Å². The fourth-order valence-corrected chi connectivity index (χ4v) is 3.15.